The fourth-order valence-electron chi connectivity index (χ4n) is 5.26. The van der Waals surface area contributed by atoms with E-state index in [0.717, 1.165) is 36.1 Å². The monoisotopic (exact) mass is 470 g/mol. The number of amides is 1. The number of piperidine rings is 1. The molecule has 1 aliphatic heterocycles. The first-order chi connectivity index (χ1) is 15.8. The number of rotatable bonds is 6. The predicted molar refractivity (Wildman–Crippen MR) is 132 cm³/mol. The molecule has 2 fully saturated rings. The van der Waals surface area contributed by atoms with E-state index in [4.69, 9.17) is 0 Å². The summed E-state index contributed by atoms with van der Waals surface area (Å²) >= 11 is 1.22. The van der Waals surface area contributed by atoms with Crippen molar-refractivity contribution >= 4 is 28.9 Å². The zero-order chi connectivity index (χ0) is 23.6. The number of aromatic carboxylic acids is 1. The molecule has 6 nitrogen and oxygen atoms in total. The average molecular weight is 471 g/mol. The molecule has 2 aromatic rings. The molecule has 1 N–H and O–H groups in total. The molecule has 0 spiro atoms. The number of hydroxylamine groups is 3. The molecule has 1 aromatic heterocycles. The number of carbonyl (C=O) groups excluding carboxylic acids is 1. The summed E-state index contributed by atoms with van der Waals surface area (Å²) in [5, 5.41) is 22.8. The molecule has 0 unspecified atom stereocenters. The van der Waals surface area contributed by atoms with Crippen LogP contribution in [0.1, 0.15) is 62.0 Å². The van der Waals surface area contributed by atoms with Gasteiger partial charge in [0.05, 0.1) is 25.3 Å². The van der Waals surface area contributed by atoms with Gasteiger partial charge in [0, 0.05) is 29.7 Å². The van der Waals surface area contributed by atoms with Crippen molar-refractivity contribution in [1.82, 2.24) is 0 Å². The molecule has 33 heavy (non-hydrogen) atoms. The van der Waals surface area contributed by atoms with E-state index < -0.39 is 5.97 Å². The van der Waals surface area contributed by atoms with Crippen LogP contribution in [0.4, 0.5) is 5.69 Å². The average Bonchev–Trinajstić information content (AvgIpc) is 3.27. The van der Waals surface area contributed by atoms with Gasteiger partial charge in [0.1, 0.15) is 4.88 Å². The van der Waals surface area contributed by atoms with E-state index in [1.54, 1.807) is 4.90 Å². The topological polar surface area (TPSA) is 80.7 Å². The number of hydrogen-bond donors (Lipinski definition) is 1. The van der Waals surface area contributed by atoms with E-state index in [-0.39, 0.29) is 27.4 Å². The van der Waals surface area contributed by atoms with E-state index in [1.807, 2.05) is 43.3 Å². The van der Waals surface area contributed by atoms with Crippen LogP contribution in [0.25, 0.3) is 10.4 Å². The summed E-state index contributed by atoms with van der Waals surface area (Å²) in [6.07, 6.45) is 4.94. The Kier molecular flexibility index (Phi) is 7.22. The Morgan fingerprint density at radius 1 is 1.09 bits per heavy atom. The van der Waals surface area contributed by atoms with Gasteiger partial charge in [-0.3, -0.25) is 4.79 Å². The second-order valence-electron chi connectivity index (χ2n) is 9.71. The van der Waals surface area contributed by atoms with Gasteiger partial charge in [-0.15, -0.1) is 11.3 Å². The molecule has 0 radical (unpaired) electrons. The summed E-state index contributed by atoms with van der Waals surface area (Å²) in [4.78, 5) is 29.0. The quantitative estimate of drug-likeness (QED) is 0.429. The lowest BCUT2D eigenvalue weighted by atomic mass is 9.82. The van der Waals surface area contributed by atoms with E-state index >= 15 is 0 Å². The number of likely N-dealkylation sites (tertiary alicyclic amines) is 1. The molecular formula is C26H34N2O4S. The molecule has 178 valence electrons. The van der Waals surface area contributed by atoms with Gasteiger partial charge in [-0.05, 0) is 50.2 Å². The molecule has 2 aliphatic rings. The van der Waals surface area contributed by atoms with Crippen LogP contribution in [0.2, 0.25) is 0 Å². The van der Waals surface area contributed by atoms with E-state index in [9.17, 15) is 19.9 Å². The fourth-order valence-corrected chi connectivity index (χ4v) is 6.25. The lowest BCUT2D eigenvalue weighted by molar-refractivity contribution is -0.883. The maximum atomic E-state index is 13.9. The second kappa shape index (κ2) is 9.95. The summed E-state index contributed by atoms with van der Waals surface area (Å²) in [6.45, 7) is 5.59. The van der Waals surface area contributed by atoms with Crippen molar-refractivity contribution in [3.05, 3.63) is 46.5 Å². The standard InChI is InChI=1S/C26H34N2O4S/c1-3-28(32)15-13-21(14-16-28)27(25(29)20-11-9-18(2)10-12-20)22-17-23(33-24(22)26(30)31)19-7-5-4-6-8-19/h4-8,17-18,20-21H,3,9-16H2,1-2H3,(H,30,31). The molecule has 0 atom stereocenters. The molecule has 4 rings (SSSR count). The number of hydrogen-bond acceptors (Lipinski definition) is 4. The minimum atomic E-state index is -1.01. The number of carboxylic acid groups (broad SMARTS) is 1. The van der Waals surface area contributed by atoms with Crippen molar-refractivity contribution in [2.24, 2.45) is 11.8 Å². The Morgan fingerprint density at radius 3 is 2.30 bits per heavy atom. The zero-order valence-corrected chi connectivity index (χ0v) is 20.4. The highest BCUT2D eigenvalue weighted by Gasteiger charge is 2.39. The fraction of sp³-hybridized carbons (Fsp3) is 0.538. The number of nitrogens with zero attached hydrogens (tertiary/aromatic N) is 2. The molecule has 1 saturated carbocycles. The summed E-state index contributed by atoms with van der Waals surface area (Å²) in [5.74, 6) is -0.428. The van der Waals surface area contributed by atoms with E-state index in [2.05, 4.69) is 6.92 Å². The van der Waals surface area contributed by atoms with Crippen molar-refractivity contribution in [2.75, 3.05) is 24.5 Å². The Labute approximate surface area is 200 Å². The summed E-state index contributed by atoms with van der Waals surface area (Å²) in [6, 6.07) is 11.4. The Balaban J connectivity index is 1.72. The van der Waals surface area contributed by atoms with Gasteiger partial charge in [0.25, 0.3) is 0 Å². The minimum Gasteiger partial charge on any atom is -0.633 e. The Bertz CT molecular complexity index is 973. The summed E-state index contributed by atoms with van der Waals surface area (Å²) in [7, 11) is 0. The third kappa shape index (κ3) is 5.15. The van der Waals surface area contributed by atoms with Gasteiger partial charge >= 0.3 is 5.97 Å². The smallest absolute Gasteiger partial charge is 0.348 e. The van der Waals surface area contributed by atoms with E-state index in [0.29, 0.717) is 44.1 Å². The second-order valence-corrected chi connectivity index (χ2v) is 10.8. The highest BCUT2D eigenvalue weighted by atomic mass is 32.1. The van der Waals surface area contributed by atoms with Crippen LogP contribution >= 0.6 is 11.3 Å². The van der Waals surface area contributed by atoms with Crippen molar-refractivity contribution < 1.29 is 19.3 Å². The lowest BCUT2D eigenvalue weighted by Gasteiger charge is -2.49. The summed E-state index contributed by atoms with van der Waals surface area (Å²) in [5.41, 5.74) is 1.45. The molecule has 2 heterocycles. The van der Waals surface area contributed by atoms with Gasteiger partial charge in [-0.25, -0.2) is 4.79 Å². The molecule has 7 heteroatoms. The van der Waals surface area contributed by atoms with Gasteiger partial charge in [-0.2, -0.15) is 0 Å². The van der Waals surface area contributed by atoms with E-state index in [1.165, 1.54) is 11.3 Å². The number of quaternary nitrogens is 1. The molecular weight excluding hydrogens is 436 g/mol. The maximum absolute atomic E-state index is 13.9. The third-order valence-corrected chi connectivity index (χ3v) is 8.67. The highest BCUT2D eigenvalue weighted by Crippen LogP contribution is 2.41. The van der Waals surface area contributed by atoms with Gasteiger partial charge in [0.15, 0.2) is 0 Å². The number of anilines is 1. The molecule has 1 amide bonds. The minimum absolute atomic E-state index is 0.0363. The van der Waals surface area contributed by atoms with Crippen LogP contribution in [0.15, 0.2) is 36.4 Å². The Hall–Kier alpha value is -2.22. The molecule has 1 saturated heterocycles. The van der Waals surface area contributed by atoms with Gasteiger partial charge in [0.2, 0.25) is 5.91 Å². The van der Waals surface area contributed by atoms with Gasteiger partial charge < -0.3 is 19.9 Å². The van der Waals surface area contributed by atoms with Crippen LogP contribution in [0.3, 0.4) is 0 Å². The van der Waals surface area contributed by atoms with Gasteiger partial charge in [-0.1, -0.05) is 37.3 Å². The van der Waals surface area contributed by atoms with Crippen molar-refractivity contribution in [1.29, 1.82) is 0 Å². The largest absolute Gasteiger partial charge is 0.633 e. The van der Waals surface area contributed by atoms with Crippen molar-refractivity contribution in [2.45, 2.75) is 58.4 Å². The maximum Gasteiger partial charge on any atom is 0.348 e. The van der Waals surface area contributed by atoms with Crippen molar-refractivity contribution in [3.8, 4) is 10.4 Å². The van der Waals surface area contributed by atoms with Crippen LogP contribution in [0, 0.1) is 17.0 Å². The summed E-state index contributed by atoms with van der Waals surface area (Å²) < 4.78 is -0.232. The highest BCUT2D eigenvalue weighted by molar-refractivity contribution is 7.18. The first-order valence-corrected chi connectivity index (χ1v) is 13.0. The SMILES string of the molecule is CC[N+]1([O-])CCC(N(C(=O)C2CCC(C)CC2)c2cc(-c3ccccc3)sc2C(=O)O)CC1. The first kappa shape index (κ1) is 23.9. The normalized spacial score (nSPS) is 27.8. The van der Waals surface area contributed by atoms with Crippen LogP contribution in [-0.2, 0) is 4.79 Å². The predicted octanol–water partition coefficient (Wildman–Crippen LogP) is 5.77. The number of carboxylic acids is 1. The van der Waals surface area contributed by atoms with Crippen LogP contribution in [-0.4, -0.2) is 47.3 Å². The molecule has 1 aromatic carbocycles. The number of benzene rings is 1. The first-order valence-electron chi connectivity index (χ1n) is 12.1. The third-order valence-electron chi connectivity index (χ3n) is 7.51. The van der Waals surface area contributed by atoms with Crippen LogP contribution in [0.5, 0.6) is 0 Å². The van der Waals surface area contributed by atoms with Crippen molar-refractivity contribution in [3.63, 3.8) is 0 Å². The Morgan fingerprint density at radius 2 is 1.73 bits per heavy atom. The lowest BCUT2D eigenvalue weighted by Crippen LogP contribution is -2.55. The molecule has 1 aliphatic carbocycles. The number of carbonyl (C=O) groups is 2. The zero-order valence-electron chi connectivity index (χ0n) is 19.5. The number of thiophene rings is 1. The van der Waals surface area contributed by atoms with Crippen LogP contribution < -0.4 is 4.90 Å². The molecule has 0 bridgehead atoms.